The van der Waals surface area contributed by atoms with Crippen molar-refractivity contribution in [2.75, 3.05) is 27.8 Å². The van der Waals surface area contributed by atoms with Gasteiger partial charge in [-0.15, -0.1) is 24.0 Å². The standard InChI is InChI=1S/C22H28N4O2.HI/c1-15-6-5-7-19-21(15)17(14-25-19)10-11-24-22(23-2)26-13-16-8-9-18(27-3)12-20(16)28-4;/h5-9,12,14,25H,10-11,13H2,1-4H3,(H2,23,24,26);1H. The molecule has 1 heterocycles. The minimum Gasteiger partial charge on any atom is -0.497 e. The summed E-state index contributed by atoms with van der Waals surface area (Å²) in [6, 6.07) is 12.1. The maximum atomic E-state index is 5.45. The third-order valence-corrected chi connectivity index (χ3v) is 4.85. The number of guanidine groups is 1. The van der Waals surface area contributed by atoms with Crippen molar-refractivity contribution in [3.8, 4) is 11.5 Å². The lowest BCUT2D eigenvalue weighted by molar-refractivity contribution is 0.390. The maximum Gasteiger partial charge on any atom is 0.191 e. The van der Waals surface area contributed by atoms with Crippen molar-refractivity contribution in [1.82, 2.24) is 15.6 Å². The molecule has 1 aromatic heterocycles. The van der Waals surface area contributed by atoms with Crippen molar-refractivity contribution < 1.29 is 9.47 Å². The van der Waals surface area contributed by atoms with Crippen LogP contribution >= 0.6 is 24.0 Å². The highest BCUT2D eigenvalue weighted by Crippen LogP contribution is 2.24. The number of ether oxygens (including phenoxy) is 2. The molecule has 0 amide bonds. The predicted octanol–water partition coefficient (Wildman–Crippen LogP) is 4.02. The zero-order chi connectivity index (χ0) is 19.9. The van der Waals surface area contributed by atoms with E-state index >= 15 is 0 Å². The molecule has 0 aliphatic heterocycles. The molecule has 0 spiro atoms. The SMILES string of the molecule is CN=C(NCCc1c[nH]c2cccc(C)c12)NCc1ccc(OC)cc1OC.I. The Morgan fingerprint density at radius 2 is 1.90 bits per heavy atom. The van der Waals surface area contributed by atoms with Crippen molar-refractivity contribution in [1.29, 1.82) is 0 Å². The topological polar surface area (TPSA) is 70.7 Å². The van der Waals surface area contributed by atoms with E-state index in [2.05, 4.69) is 51.9 Å². The molecular formula is C22H29IN4O2. The van der Waals surface area contributed by atoms with Gasteiger partial charge in [-0.25, -0.2) is 0 Å². The van der Waals surface area contributed by atoms with Crippen LogP contribution in [0.1, 0.15) is 16.7 Å². The van der Waals surface area contributed by atoms with E-state index in [1.807, 2.05) is 18.2 Å². The molecule has 3 N–H and O–H groups in total. The average molecular weight is 508 g/mol. The summed E-state index contributed by atoms with van der Waals surface area (Å²) < 4.78 is 10.7. The molecule has 156 valence electrons. The maximum absolute atomic E-state index is 5.45. The fourth-order valence-electron chi connectivity index (χ4n) is 3.36. The number of aromatic nitrogens is 1. The van der Waals surface area contributed by atoms with Crippen molar-refractivity contribution in [2.45, 2.75) is 19.9 Å². The molecule has 0 saturated heterocycles. The number of hydrogen-bond acceptors (Lipinski definition) is 3. The number of aryl methyl sites for hydroxylation is 1. The van der Waals surface area contributed by atoms with Crippen molar-refractivity contribution >= 4 is 40.8 Å². The molecule has 0 fully saturated rings. The van der Waals surface area contributed by atoms with Gasteiger partial charge in [-0.1, -0.05) is 12.1 Å². The van der Waals surface area contributed by atoms with Gasteiger partial charge in [0.05, 0.1) is 14.2 Å². The zero-order valence-corrected chi connectivity index (χ0v) is 19.7. The minimum absolute atomic E-state index is 0. The lowest BCUT2D eigenvalue weighted by atomic mass is 10.1. The molecule has 0 bridgehead atoms. The van der Waals surface area contributed by atoms with Gasteiger partial charge in [-0.3, -0.25) is 4.99 Å². The summed E-state index contributed by atoms with van der Waals surface area (Å²) in [6.45, 7) is 3.55. The molecule has 6 nitrogen and oxygen atoms in total. The predicted molar refractivity (Wildman–Crippen MR) is 130 cm³/mol. The second-order valence-electron chi connectivity index (χ2n) is 6.59. The minimum atomic E-state index is 0. The lowest BCUT2D eigenvalue weighted by Gasteiger charge is -2.14. The van der Waals surface area contributed by atoms with Gasteiger partial charge in [0.2, 0.25) is 0 Å². The number of nitrogens with one attached hydrogen (secondary N) is 3. The van der Waals surface area contributed by atoms with Crippen LogP contribution in [0.4, 0.5) is 0 Å². The second kappa shape index (κ2) is 10.9. The number of fused-ring (bicyclic) bond motifs is 1. The second-order valence-corrected chi connectivity index (χ2v) is 6.59. The Kier molecular flexibility index (Phi) is 8.63. The molecule has 0 saturated carbocycles. The first-order chi connectivity index (χ1) is 13.7. The van der Waals surface area contributed by atoms with Crippen molar-refractivity contribution in [3.05, 3.63) is 59.3 Å². The molecule has 3 aromatic rings. The molecule has 29 heavy (non-hydrogen) atoms. The number of aliphatic imine (C=N–C) groups is 1. The first-order valence-electron chi connectivity index (χ1n) is 9.37. The summed E-state index contributed by atoms with van der Waals surface area (Å²) in [6.07, 6.45) is 3.01. The third kappa shape index (κ3) is 5.56. The molecular weight excluding hydrogens is 479 g/mol. The summed E-state index contributed by atoms with van der Waals surface area (Å²) in [5, 5.41) is 8.03. The number of benzene rings is 2. The highest BCUT2D eigenvalue weighted by Gasteiger charge is 2.08. The molecule has 0 aliphatic carbocycles. The van der Waals surface area contributed by atoms with E-state index in [0.717, 1.165) is 36.0 Å². The number of hydrogen-bond donors (Lipinski definition) is 3. The van der Waals surface area contributed by atoms with Crippen LogP contribution in [0.2, 0.25) is 0 Å². The van der Waals surface area contributed by atoms with Crippen LogP contribution in [-0.2, 0) is 13.0 Å². The van der Waals surface area contributed by atoms with Gasteiger partial charge in [-0.05, 0) is 42.7 Å². The van der Waals surface area contributed by atoms with Crippen LogP contribution < -0.4 is 20.1 Å². The fraction of sp³-hybridized carbons (Fsp3) is 0.318. The third-order valence-electron chi connectivity index (χ3n) is 4.85. The average Bonchev–Trinajstić information content (AvgIpc) is 3.14. The van der Waals surface area contributed by atoms with E-state index in [-0.39, 0.29) is 24.0 Å². The highest BCUT2D eigenvalue weighted by atomic mass is 127. The molecule has 3 rings (SSSR count). The molecule has 2 aromatic carbocycles. The van der Waals surface area contributed by atoms with E-state index < -0.39 is 0 Å². The number of rotatable bonds is 7. The van der Waals surface area contributed by atoms with Crippen molar-refractivity contribution in [3.63, 3.8) is 0 Å². The Morgan fingerprint density at radius 1 is 1.07 bits per heavy atom. The summed E-state index contributed by atoms with van der Waals surface area (Å²) in [5.41, 5.74) is 4.83. The zero-order valence-electron chi connectivity index (χ0n) is 17.3. The summed E-state index contributed by atoms with van der Waals surface area (Å²) in [7, 11) is 5.08. The van der Waals surface area contributed by atoms with E-state index in [9.17, 15) is 0 Å². The number of H-pyrrole nitrogens is 1. The quantitative estimate of drug-likeness (QED) is 0.256. The molecule has 0 atom stereocenters. The number of aromatic amines is 1. The lowest BCUT2D eigenvalue weighted by Crippen LogP contribution is -2.37. The first-order valence-corrected chi connectivity index (χ1v) is 9.37. The van der Waals surface area contributed by atoms with Crippen molar-refractivity contribution in [2.24, 2.45) is 4.99 Å². The molecule has 0 radical (unpaired) electrons. The van der Waals surface area contributed by atoms with Gasteiger partial charge in [-0.2, -0.15) is 0 Å². The van der Waals surface area contributed by atoms with Crippen LogP contribution in [-0.4, -0.2) is 38.8 Å². The Hall–Kier alpha value is -2.42. The summed E-state index contributed by atoms with van der Waals surface area (Å²) in [4.78, 5) is 7.66. The van der Waals surface area contributed by atoms with E-state index in [0.29, 0.717) is 6.54 Å². The number of methoxy groups -OCH3 is 2. The Balaban J connectivity index is 0.00000300. The van der Waals surface area contributed by atoms with E-state index in [1.54, 1.807) is 21.3 Å². The Labute approximate surface area is 189 Å². The van der Waals surface area contributed by atoms with Crippen LogP contribution in [0.25, 0.3) is 10.9 Å². The number of halogens is 1. The van der Waals surface area contributed by atoms with Crippen LogP contribution in [0.15, 0.2) is 47.6 Å². The van der Waals surface area contributed by atoms with E-state index in [1.165, 1.54) is 22.0 Å². The van der Waals surface area contributed by atoms with Gasteiger partial charge in [0.25, 0.3) is 0 Å². The highest BCUT2D eigenvalue weighted by molar-refractivity contribution is 14.0. The monoisotopic (exact) mass is 508 g/mol. The summed E-state index contributed by atoms with van der Waals surface area (Å²) in [5.74, 6) is 2.32. The molecule has 0 aliphatic rings. The van der Waals surface area contributed by atoms with Gasteiger partial charge >= 0.3 is 0 Å². The van der Waals surface area contributed by atoms with Gasteiger partial charge < -0.3 is 25.1 Å². The normalized spacial score (nSPS) is 11.1. The van der Waals surface area contributed by atoms with Crippen LogP contribution in [0, 0.1) is 6.92 Å². The molecule has 7 heteroatoms. The van der Waals surface area contributed by atoms with Crippen LogP contribution in [0.5, 0.6) is 11.5 Å². The molecule has 0 unspecified atom stereocenters. The Morgan fingerprint density at radius 3 is 2.62 bits per heavy atom. The smallest absolute Gasteiger partial charge is 0.191 e. The largest absolute Gasteiger partial charge is 0.497 e. The van der Waals surface area contributed by atoms with Gasteiger partial charge in [0.15, 0.2) is 5.96 Å². The van der Waals surface area contributed by atoms with Gasteiger partial charge in [0.1, 0.15) is 11.5 Å². The van der Waals surface area contributed by atoms with E-state index in [4.69, 9.17) is 9.47 Å². The first kappa shape index (κ1) is 22.9. The fourth-order valence-corrected chi connectivity index (χ4v) is 3.36. The Bertz CT molecular complexity index is 969. The van der Waals surface area contributed by atoms with Gasteiger partial charge in [0, 0.05) is 48.9 Å². The van der Waals surface area contributed by atoms with Crippen LogP contribution in [0.3, 0.4) is 0 Å². The number of nitrogens with zero attached hydrogens (tertiary/aromatic N) is 1. The summed E-state index contributed by atoms with van der Waals surface area (Å²) >= 11 is 0.